The third-order valence-electron chi connectivity index (χ3n) is 3.54. The molecule has 0 bridgehead atoms. The van der Waals surface area contributed by atoms with E-state index in [-0.39, 0.29) is 23.3 Å². The molecule has 0 spiro atoms. The van der Waals surface area contributed by atoms with Crippen LogP contribution in [0.25, 0.3) is 0 Å². The average Bonchev–Trinajstić information content (AvgIpc) is 2.32. The second kappa shape index (κ2) is 6.02. The number of benzene rings is 1. The number of rotatable bonds is 6. The van der Waals surface area contributed by atoms with Crippen molar-refractivity contribution in [3.63, 3.8) is 0 Å². The molecule has 108 valence electrons. The van der Waals surface area contributed by atoms with Crippen LogP contribution >= 0.6 is 0 Å². The van der Waals surface area contributed by atoms with Gasteiger partial charge in [0.2, 0.25) is 0 Å². The maximum atomic E-state index is 13.3. The Morgan fingerprint density at radius 3 is 2.32 bits per heavy atom. The highest BCUT2D eigenvalue weighted by atomic mass is 19.1. The fraction of sp³-hybridized carbons (Fsp3) is 0.625. The monoisotopic (exact) mass is 267 g/mol. The van der Waals surface area contributed by atoms with E-state index >= 15 is 0 Å². The van der Waals surface area contributed by atoms with Gasteiger partial charge in [0.25, 0.3) is 0 Å². The molecule has 3 heteroatoms. The molecule has 0 unspecified atom stereocenters. The molecule has 0 fully saturated rings. The fourth-order valence-electron chi connectivity index (χ4n) is 1.94. The van der Waals surface area contributed by atoms with Crippen molar-refractivity contribution in [1.82, 2.24) is 5.32 Å². The lowest BCUT2D eigenvalue weighted by Gasteiger charge is -2.29. The van der Waals surface area contributed by atoms with Gasteiger partial charge in [-0.15, -0.1) is 0 Å². The van der Waals surface area contributed by atoms with E-state index in [0.29, 0.717) is 5.56 Å². The Kier molecular flexibility index (Phi) is 5.11. The van der Waals surface area contributed by atoms with Gasteiger partial charge in [0.1, 0.15) is 5.82 Å². The van der Waals surface area contributed by atoms with Crippen molar-refractivity contribution in [1.29, 1.82) is 0 Å². The van der Waals surface area contributed by atoms with Crippen molar-refractivity contribution in [3.05, 3.63) is 35.1 Å². The van der Waals surface area contributed by atoms with Crippen LogP contribution in [-0.4, -0.2) is 24.8 Å². The molecule has 0 radical (unpaired) electrons. The van der Waals surface area contributed by atoms with Crippen LogP contribution in [0.1, 0.15) is 38.8 Å². The van der Waals surface area contributed by atoms with E-state index in [9.17, 15) is 9.50 Å². The zero-order valence-corrected chi connectivity index (χ0v) is 12.7. The summed E-state index contributed by atoms with van der Waals surface area (Å²) in [5.41, 5.74) is 1.63. The third kappa shape index (κ3) is 4.59. The minimum Gasteiger partial charge on any atom is -0.396 e. The molecule has 0 aromatic heterocycles. The van der Waals surface area contributed by atoms with Crippen molar-refractivity contribution in [2.45, 2.75) is 40.0 Å². The molecular weight excluding hydrogens is 241 g/mol. The maximum absolute atomic E-state index is 13.3. The first kappa shape index (κ1) is 16.1. The molecule has 1 rings (SSSR count). The summed E-state index contributed by atoms with van der Waals surface area (Å²) < 4.78 is 13.3. The Morgan fingerprint density at radius 1 is 1.16 bits per heavy atom. The largest absolute Gasteiger partial charge is 0.396 e. The van der Waals surface area contributed by atoms with E-state index in [2.05, 4.69) is 19.2 Å². The first-order valence-corrected chi connectivity index (χ1v) is 6.76. The van der Waals surface area contributed by atoms with Gasteiger partial charge in [-0.05, 0) is 24.1 Å². The first-order chi connectivity index (χ1) is 8.68. The Hall–Kier alpha value is -0.930. The number of aryl methyl sites for hydroxylation is 1. The molecule has 19 heavy (non-hydrogen) atoms. The van der Waals surface area contributed by atoms with Gasteiger partial charge in [0, 0.05) is 30.5 Å². The molecule has 0 aliphatic carbocycles. The topological polar surface area (TPSA) is 32.3 Å². The smallest absolute Gasteiger partial charge is 0.126 e. The van der Waals surface area contributed by atoms with Crippen LogP contribution in [0.3, 0.4) is 0 Å². The van der Waals surface area contributed by atoms with Gasteiger partial charge in [-0.3, -0.25) is 0 Å². The molecule has 0 saturated carbocycles. The van der Waals surface area contributed by atoms with Gasteiger partial charge in [-0.1, -0.05) is 39.8 Å². The number of aliphatic hydroxyl groups is 1. The van der Waals surface area contributed by atoms with Crippen LogP contribution in [-0.2, 0) is 5.41 Å². The molecule has 0 heterocycles. The van der Waals surface area contributed by atoms with Crippen LogP contribution in [0.4, 0.5) is 4.39 Å². The lowest BCUT2D eigenvalue weighted by molar-refractivity contribution is 0.155. The number of halogens is 1. The van der Waals surface area contributed by atoms with Crippen LogP contribution in [0, 0.1) is 18.2 Å². The van der Waals surface area contributed by atoms with E-state index in [1.165, 1.54) is 6.07 Å². The maximum Gasteiger partial charge on any atom is 0.126 e. The SMILES string of the molecule is Cc1cc(C(C)(C)CNCC(C)(C)CO)ccc1F. The van der Waals surface area contributed by atoms with Gasteiger partial charge in [0.15, 0.2) is 0 Å². The molecule has 1 aromatic carbocycles. The van der Waals surface area contributed by atoms with E-state index in [1.54, 1.807) is 6.92 Å². The second-order valence-corrected chi connectivity index (χ2v) is 6.77. The Morgan fingerprint density at radius 2 is 1.79 bits per heavy atom. The van der Waals surface area contributed by atoms with Crippen molar-refractivity contribution in [2.75, 3.05) is 19.7 Å². The minimum absolute atomic E-state index is 0.0655. The predicted molar refractivity (Wildman–Crippen MR) is 77.9 cm³/mol. The summed E-state index contributed by atoms with van der Waals surface area (Å²) in [6.07, 6.45) is 0. The van der Waals surface area contributed by atoms with Crippen molar-refractivity contribution in [2.24, 2.45) is 5.41 Å². The minimum atomic E-state index is -0.158. The highest BCUT2D eigenvalue weighted by Crippen LogP contribution is 2.24. The van der Waals surface area contributed by atoms with Crippen molar-refractivity contribution >= 4 is 0 Å². The fourth-order valence-corrected chi connectivity index (χ4v) is 1.94. The number of aliphatic hydroxyl groups excluding tert-OH is 1. The van der Waals surface area contributed by atoms with Crippen LogP contribution in [0.5, 0.6) is 0 Å². The molecule has 0 aliphatic rings. The zero-order valence-electron chi connectivity index (χ0n) is 12.7. The number of hydrogen-bond donors (Lipinski definition) is 2. The summed E-state index contributed by atoms with van der Waals surface area (Å²) in [5, 5.41) is 12.6. The van der Waals surface area contributed by atoms with Crippen molar-refractivity contribution < 1.29 is 9.50 Å². The summed E-state index contributed by atoms with van der Waals surface area (Å²) in [6.45, 7) is 11.8. The molecule has 0 atom stereocenters. The molecular formula is C16H26FNO. The summed E-state index contributed by atoms with van der Waals surface area (Å²) in [5.74, 6) is -0.158. The summed E-state index contributed by atoms with van der Waals surface area (Å²) >= 11 is 0. The summed E-state index contributed by atoms with van der Waals surface area (Å²) in [6, 6.07) is 5.29. The molecule has 0 aliphatic heterocycles. The molecule has 1 aromatic rings. The Balaban J connectivity index is 2.67. The first-order valence-electron chi connectivity index (χ1n) is 6.76. The Labute approximate surface area is 116 Å². The molecule has 2 nitrogen and oxygen atoms in total. The molecule has 2 N–H and O–H groups in total. The molecule has 0 saturated heterocycles. The van der Waals surface area contributed by atoms with Crippen LogP contribution < -0.4 is 5.32 Å². The van der Waals surface area contributed by atoms with Crippen LogP contribution in [0.2, 0.25) is 0 Å². The van der Waals surface area contributed by atoms with E-state index in [1.807, 2.05) is 26.0 Å². The van der Waals surface area contributed by atoms with Gasteiger partial charge in [-0.2, -0.15) is 0 Å². The predicted octanol–water partition coefficient (Wildman–Crippen LogP) is 3.02. The lowest BCUT2D eigenvalue weighted by Crippen LogP contribution is -2.39. The van der Waals surface area contributed by atoms with E-state index in [0.717, 1.165) is 18.7 Å². The average molecular weight is 267 g/mol. The van der Waals surface area contributed by atoms with E-state index in [4.69, 9.17) is 0 Å². The highest BCUT2D eigenvalue weighted by Gasteiger charge is 2.23. The normalized spacial score (nSPS) is 12.8. The quantitative estimate of drug-likeness (QED) is 0.830. The number of nitrogens with one attached hydrogen (secondary N) is 1. The van der Waals surface area contributed by atoms with Crippen LogP contribution in [0.15, 0.2) is 18.2 Å². The van der Waals surface area contributed by atoms with Gasteiger partial charge < -0.3 is 10.4 Å². The Bertz CT molecular complexity index is 427. The summed E-state index contributed by atoms with van der Waals surface area (Å²) in [4.78, 5) is 0. The summed E-state index contributed by atoms with van der Waals surface area (Å²) in [7, 11) is 0. The van der Waals surface area contributed by atoms with Gasteiger partial charge in [0.05, 0.1) is 0 Å². The van der Waals surface area contributed by atoms with Crippen molar-refractivity contribution in [3.8, 4) is 0 Å². The number of hydrogen-bond acceptors (Lipinski definition) is 2. The van der Waals surface area contributed by atoms with Gasteiger partial charge in [-0.25, -0.2) is 4.39 Å². The standard InChI is InChI=1S/C16H26FNO/c1-12-8-13(6-7-14(12)17)16(4,5)10-18-9-15(2,3)11-19/h6-8,18-19H,9-11H2,1-5H3. The highest BCUT2D eigenvalue weighted by molar-refractivity contribution is 5.29. The zero-order chi connectivity index (χ0) is 14.7. The van der Waals surface area contributed by atoms with Gasteiger partial charge >= 0.3 is 0 Å². The second-order valence-electron chi connectivity index (χ2n) is 6.77. The third-order valence-corrected chi connectivity index (χ3v) is 3.54. The van der Waals surface area contributed by atoms with E-state index < -0.39 is 0 Å². The molecule has 0 amide bonds. The lowest BCUT2D eigenvalue weighted by atomic mass is 9.83.